The van der Waals surface area contributed by atoms with E-state index in [1.807, 2.05) is 0 Å². The second-order valence-corrected chi connectivity index (χ2v) is 12.0. The number of nitrogens with one attached hydrogen (secondary N) is 1. The van der Waals surface area contributed by atoms with Crippen LogP contribution in [-0.2, 0) is 30.8 Å². The summed E-state index contributed by atoms with van der Waals surface area (Å²) in [4.78, 5) is 10.7. The number of carboxylic acid groups (broad SMARTS) is 1. The molecular formula is C22H25F3N2O6S2. The zero-order valence-electron chi connectivity index (χ0n) is 18.5. The van der Waals surface area contributed by atoms with Gasteiger partial charge in [-0.1, -0.05) is 18.2 Å². The average molecular weight is 535 g/mol. The van der Waals surface area contributed by atoms with Crippen molar-refractivity contribution >= 4 is 25.8 Å². The number of likely N-dealkylation sites (tertiary alicyclic amines) is 1. The van der Waals surface area contributed by atoms with Crippen molar-refractivity contribution in [3.8, 4) is 0 Å². The van der Waals surface area contributed by atoms with E-state index >= 15 is 0 Å². The average Bonchev–Trinajstić information content (AvgIpc) is 2.79. The van der Waals surface area contributed by atoms with Gasteiger partial charge in [-0.15, -0.1) is 0 Å². The van der Waals surface area contributed by atoms with Gasteiger partial charge in [0.15, 0.2) is 0 Å². The fourth-order valence-electron chi connectivity index (χ4n) is 3.96. The van der Waals surface area contributed by atoms with Gasteiger partial charge in [0.2, 0.25) is 19.9 Å². The predicted octanol–water partition coefficient (Wildman–Crippen LogP) is 3.00. The smallest absolute Gasteiger partial charge is 0.417 e. The lowest BCUT2D eigenvalue weighted by atomic mass is 9.94. The molecule has 1 heterocycles. The molecule has 3 rings (SSSR count). The Morgan fingerprint density at radius 2 is 1.63 bits per heavy atom. The summed E-state index contributed by atoms with van der Waals surface area (Å²) in [5.41, 5.74) is -1.46. The lowest BCUT2D eigenvalue weighted by molar-refractivity contribution is -0.140. The standard InChI is InChI=1S/C22H25F3N2O6S2/c23-22(24,25)19-7-6-18(34(30,31)17-4-2-1-3-5-17)14-20(19)35(32,33)26-11-8-16-9-12-27(13-10-16)15-21(28)29/h1-7,14,16,26H,8-13,15H2,(H,28,29). The van der Waals surface area contributed by atoms with Crippen LogP contribution >= 0.6 is 0 Å². The van der Waals surface area contributed by atoms with Gasteiger partial charge in [-0.25, -0.2) is 21.6 Å². The fourth-order valence-corrected chi connectivity index (χ4v) is 6.64. The van der Waals surface area contributed by atoms with Crippen LogP contribution in [0.25, 0.3) is 0 Å². The number of sulfone groups is 1. The highest BCUT2D eigenvalue weighted by molar-refractivity contribution is 7.91. The lowest BCUT2D eigenvalue weighted by Gasteiger charge is -2.30. The van der Waals surface area contributed by atoms with E-state index in [0.29, 0.717) is 44.5 Å². The number of carboxylic acids is 1. The molecule has 0 amide bonds. The highest BCUT2D eigenvalue weighted by Crippen LogP contribution is 2.36. The third-order valence-electron chi connectivity index (χ3n) is 5.82. The van der Waals surface area contributed by atoms with Crippen molar-refractivity contribution < 1.29 is 39.9 Å². The van der Waals surface area contributed by atoms with Crippen LogP contribution in [0.15, 0.2) is 63.2 Å². The topological polar surface area (TPSA) is 121 Å². The van der Waals surface area contributed by atoms with Crippen LogP contribution in [0.4, 0.5) is 13.2 Å². The number of carbonyl (C=O) groups is 1. The van der Waals surface area contributed by atoms with Gasteiger partial charge in [0.25, 0.3) is 0 Å². The van der Waals surface area contributed by atoms with Crippen molar-refractivity contribution in [2.75, 3.05) is 26.2 Å². The molecule has 0 unspecified atom stereocenters. The molecule has 13 heteroatoms. The van der Waals surface area contributed by atoms with Gasteiger partial charge in [0.05, 0.1) is 26.8 Å². The maximum atomic E-state index is 13.6. The molecule has 0 spiro atoms. The number of sulfonamides is 1. The molecule has 2 aromatic rings. The predicted molar refractivity (Wildman–Crippen MR) is 120 cm³/mol. The molecule has 1 aliphatic heterocycles. The Bertz CT molecular complexity index is 1260. The van der Waals surface area contributed by atoms with Crippen molar-refractivity contribution in [2.24, 2.45) is 5.92 Å². The van der Waals surface area contributed by atoms with E-state index in [1.54, 1.807) is 11.0 Å². The number of hydrogen-bond acceptors (Lipinski definition) is 6. The zero-order chi connectivity index (χ0) is 25.9. The second kappa shape index (κ2) is 10.6. The fraction of sp³-hybridized carbons (Fsp3) is 0.409. The highest BCUT2D eigenvalue weighted by Gasteiger charge is 2.38. The van der Waals surface area contributed by atoms with Gasteiger partial charge in [-0.3, -0.25) is 9.69 Å². The number of nitrogens with zero attached hydrogens (tertiary/aromatic N) is 1. The third kappa shape index (κ3) is 6.81. The van der Waals surface area contributed by atoms with Crippen LogP contribution in [0.5, 0.6) is 0 Å². The molecule has 2 aromatic carbocycles. The minimum absolute atomic E-state index is 0.0784. The Kier molecular flexibility index (Phi) is 8.25. The molecule has 0 saturated carbocycles. The molecule has 192 valence electrons. The molecule has 0 aromatic heterocycles. The van der Waals surface area contributed by atoms with Gasteiger partial charge in [-0.05, 0) is 68.6 Å². The van der Waals surface area contributed by atoms with E-state index in [2.05, 4.69) is 4.72 Å². The molecule has 2 N–H and O–H groups in total. The summed E-state index contributed by atoms with van der Waals surface area (Å²) in [5, 5.41) is 8.85. The Morgan fingerprint density at radius 3 is 2.20 bits per heavy atom. The first-order chi connectivity index (χ1) is 16.3. The molecule has 0 atom stereocenters. The van der Waals surface area contributed by atoms with Crippen LogP contribution in [0.3, 0.4) is 0 Å². The Balaban J connectivity index is 1.78. The van der Waals surface area contributed by atoms with Crippen molar-refractivity contribution in [1.29, 1.82) is 0 Å². The summed E-state index contributed by atoms with van der Waals surface area (Å²) in [6.07, 6.45) is -3.40. The summed E-state index contributed by atoms with van der Waals surface area (Å²) in [5.74, 6) is -0.859. The van der Waals surface area contributed by atoms with E-state index in [4.69, 9.17) is 5.11 Å². The van der Waals surface area contributed by atoms with Crippen molar-refractivity contribution in [1.82, 2.24) is 9.62 Å². The van der Waals surface area contributed by atoms with E-state index in [0.717, 1.165) is 6.07 Å². The number of piperidine rings is 1. The number of benzene rings is 2. The summed E-state index contributed by atoms with van der Waals surface area (Å²) >= 11 is 0. The second-order valence-electron chi connectivity index (χ2n) is 8.27. The first-order valence-electron chi connectivity index (χ1n) is 10.8. The molecule has 0 bridgehead atoms. The van der Waals surface area contributed by atoms with E-state index in [-0.39, 0.29) is 23.9 Å². The number of alkyl halides is 3. The lowest BCUT2D eigenvalue weighted by Crippen LogP contribution is -2.38. The van der Waals surface area contributed by atoms with Gasteiger partial charge >= 0.3 is 12.1 Å². The minimum Gasteiger partial charge on any atom is -0.480 e. The molecule has 1 fully saturated rings. The van der Waals surface area contributed by atoms with Crippen LogP contribution in [0.1, 0.15) is 24.8 Å². The summed E-state index contributed by atoms with van der Waals surface area (Å²) in [7, 11) is -8.93. The Labute approximate surface area is 201 Å². The Morgan fingerprint density at radius 1 is 1.00 bits per heavy atom. The first kappa shape index (κ1) is 27.1. The van der Waals surface area contributed by atoms with Crippen LogP contribution in [-0.4, -0.2) is 59.0 Å². The van der Waals surface area contributed by atoms with Gasteiger partial charge in [-0.2, -0.15) is 13.2 Å². The molecule has 35 heavy (non-hydrogen) atoms. The molecule has 0 aliphatic carbocycles. The summed E-state index contributed by atoms with van der Waals surface area (Å²) < 4.78 is 94.3. The van der Waals surface area contributed by atoms with Crippen molar-refractivity contribution in [3.05, 3.63) is 54.1 Å². The molecule has 0 radical (unpaired) electrons. The number of halogens is 3. The minimum atomic E-state index is -5.02. The van der Waals surface area contributed by atoms with E-state index in [9.17, 15) is 34.8 Å². The van der Waals surface area contributed by atoms with E-state index < -0.39 is 47.4 Å². The third-order valence-corrected chi connectivity index (χ3v) is 9.09. The summed E-state index contributed by atoms with van der Waals surface area (Å²) in [6.45, 7) is 0.837. The van der Waals surface area contributed by atoms with Gasteiger partial charge < -0.3 is 5.11 Å². The molecule has 8 nitrogen and oxygen atoms in total. The normalized spacial score (nSPS) is 16.3. The monoisotopic (exact) mass is 534 g/mol. The molecule has 1 aliphatic rings. The van der Waals surface area contributed by atoms with Gasteiger partial charge in [0, 0.05) is 6.54 Å². The number of rotatable bonds is 9. The van der Waals surface area contributed by atoms with Crippen LogP contribution in [0, 0.1) is 5.92 Å². The van der Waals surface area contributed by atoms with Crippen LogP contribution < -0.4 is 4.72 Å². The highest BCUT2D eigenvalue weighted by atomic mass is 32.2. The van der Waals surface area contributed by atoms with Crippen molar-refractivity contribution in [3.63, 3.8) is 0 Å². The Hall–Kier alpha value is -2.48. The number of hydrogen-bond donors (Lipinski definition) is 2. The number of aliphatic carboxylic acids is 1. The summed E-state index contributed by atoms with van der Waals surface area (Å²) in [6, 6.07) is 8.74. The maximum Gasteiger partial charge on any atom is 0.417 e. The maximum absolute atomic E-state index is 13.6. The van der Waals surface area contributed by atoms with Crippen LogP contribution in [0.2, 0.25) is 0 Å². The largest absolute Gasteiger partial charge is 0.480 e. The quantitative estimate of drug-likeness (QED) is 0.507. The van der Waals surface area contributed by atoms with Gasteiger partial charge in [0.1, 0.15) is 0 Å². The van der Waals surface area contributed by atoms with E-state index in [1.165, 1.54) is 24.3 Å². The molecular weight excluding hydrogens is 509 g/mol. The molecule has 1 saturated heterocycles. The SMILES string of the molecule is O=C(O)CN1CCC(CCNS(=O)(=O)c2cc(S(=O)(=O)c3ccccc3)ccc2C(F)(F)F)CC1. The first-order valence-corrected chi connectivity index (χ1v) is 13.7. The van der Waals surface area contributed by atoms with Crippen molar-refractivity contribution in [2.45, 2.75) is 40.1 Å². The zero-order valence-corrected chi connectivity index (χ0v) is 20.2.